The Labute approximate surface area is 116 Å². The summed E-state index contributed by atoms with van der Waals surface area (Å²) >= 11 is 0. The van der Waals surface area contributed by atoms with Crippen LogP contribution in [0.1, 0.15) is 61.4 Å². The van der Waals surface area contributed by atoms with Crippen molar-refractivity contribution < 1.29 is 9.53 Å². The van der Waals surface area contributed by atoms with Crippen molar-refractivity contribution in [2.45, 2.75) is 52.4 Å². The fourth-order valence-electron chi connectivity index (χ4n) is 2.00. The van der Waals surface area contributed by atoms with Crippen LogP contribution in [-0.2, 0) is 4.74 Å². The Morgan fingerprint density at radius 1 is 1.16 bits per heavy atom. The molecule has 0 radical (unpaired) electrons. The van der Waals surface area contributed by atoms with Crippen LogP contribution in [0.2, 0.25) is 0 Å². The molecule has 106 valence electrons. The minimum absolute atomic E-state index is 0.265. The van der Waals surface area contributed by atoms with Crippen molar-refractivity contribution in [1.29, 1.82) is 0 Å². The van der Waals surface area contributed by atoms with Gasteiger partial charge in [-0.3, -0.25) is 0 Å². The molecule has 0 aliphatic rings. The normalized spacial score (nSPS) is 10.4. The standard InChI is InChI=1S/C16H25NO2/c1-3-4-5-6-7-8-12-19-16(18)14-10-9-11-15(17)13(14)2/h9-11H,3-8,12,17H2,1-2H3. The van der Waals surface area contributed by atoms with Crippen LogP contribution in [0.5, 0.6) is 0 Å². The lowest BCUT2D eigenvalue weighted by atomic mass is 10.1. The quantitative estimate of drug-likeness (QED) is 0.436. The van der Waals surface area contributed by atoms with Crippen LogP contribution in [0.4, 0.5) is 5.69 Å². The van der Waals surface area contributed by atoms with Gasteiger partial charge in [-0.05, 0) is 31.0 Å². The number of carbonyl (C=O) groups excluding carboxylic acids is 1. The van der Waals surface area contributed by atoms with E-state index in [2.05, 4.69) is 6.92 Å². The number of unbranched alkanes of at least 4 members (excludes halogenated alkanes) is 5. The molecule has 1 aromatic rings. The lowest BCUT2D eigenvalue weighted by molar-refractivity contribution is 0.0497. The van der Waals surface area contributed by atoms with Gasteiger partial charge in [-0.25, -0.2) is 4.79 Å². The third-order valence-corrected chi connectivity index (χ3v) is 3.33. The molecule has 2 N–H and O–H groups in total. The summed E-state index contributed by atoms with van der Waals surface area (Å²) in [7, 11) is 0. The molecule has 3 nitrogen and oxygen atoms in total. The monoisotopic (exact) mass is 263 g/mol. The predicted octanol–water partition coefficient (Wildman–Crippen LogP) is 4.09. The summed E-state index contributed by atoms with van der Waals surface area (Å²) in [5, 5.41) is 0. The van der Waals surface area contributed by atoms with Gasteiger partial charge < -0.3 is 10.5 Å². The number of benzene rings is 1. The van der Waals surface area contributed by atoms with E-state index in [9.17, 15) is 4.79 Å². The molecule has 0 fully saturated rings. The van der Waals surface area contributed by atoms with E-state index in [1.807, 2.05) is 6.92 Å². The number of nitrogens with two attached hydrogens (primary N) is 1. The molecule has 0 aliphatic carbocycles. The second-order valence-electron chi connectivity index (χ2n) is 4.92. The summed E-state index contributed by atoms with van der Waals surface area (Å²) < 4.78 is 5.28. The van der Waals surface area contributed by atoms with Crippen molar-refractivity contribution in [3.63, 3.8) is 0 Å². The molecule has 0 atom stereocenters. The molecular weight excluding hydrogens is 238 g/mol. The fourth-order valence-corrected chi connectivity index (χ4v) is 2.00. The van der Waals surface area contributed by atoms with Gasteiger partial charge in [0.05, 0.1) is 12.2 Å². The van der Waals surface area contributed by atoms with Crippen molar-refractivity contribution in [1.82, 2.24) is 0 Å². The smallest absolute Gasteiger partial charge is 0.338 e. The highest BCUT2D eigenvalue weighted by Crippen LogP contribution is 2.16. The van der Waals surface area contributed by atoms with Crippen LogP contribution >= 0.6 is 0 Å². The van der Waals surface area contributed by atoms with Gasteiger partial charge in [-0.2, -0.15) is 0 Å². The van der Waals surface area contributed by atoms with E-state index < -0.39 is 0 Å². The van der Waals surface area contributed by atoms with E-state index in [0.29, 0.717) is 17.9 Å². The highest BCUT2D eigenvalue weighted by Gasteiger charge is 2.11. The second kappa shape index (κ2) is 8.57. The highest BCUT2D eigenvalue weighted by molar-refractivity contribution is 5.92. The number of hydrogen-bond acceptors (Lipinski definition) is 3. The van der Waals surface area contributed by atoms with Crippen molar-refractivity contribution in [3.8, 4) is 0 Å². The lowest BCUT2D eigenvalue weighted by Gasteiger charge is -2.08. The molecule has 1 aromatic carbocycles. The molecule has 0 unspecified atom stereocenters. The minimum atomic E-state index is -0.265. The number of ether oxygens (including phenoxy) is 1. The molecule has 0 spiro atoms. The van der Waals surface area contributed by atoms with E-state index in [1.165, 1.54) is 25.7 Å². The van der Waals surface area contributed by atoms with Gasteiger partial charge in [0.2, 0.25) is 0 Å². The number of hydrogen-bond donors (Lipinski definition) is 1. The van der Waals surface area contributed by atoms with Gasteiger partial charge in [0, 0.05) is 5.69 Å². The van der Waals surface area contributed by atoms with E-state index in [-0.39, 0.29) is 5.97 Å². The van der Waals surface area contributed by atoms with Crippen LogP contribution in [0, 0.1) is 6.92 Å². The maximum absolute atomic E-state index is 11.9. The summed E-state index contributed by atoms with van der Waals surface area (Å²) in [6, 6.07) is 5.33. The first-order valence-electron chi connectivity index (χ1n) is 7.19. The maximum Gasteiger partial charge on any atom is 0.338 e. The summed E-state index contributed by atoms with van der Waals surface area (Å²) in [6.45, 7) is 4.55. The Morgan fingerprint density at radius 3 is 2.58 bits per heavy atom. The maximum atomic E-state index is 11.9. The van der Waals surface area contributed by atoms with Crippen molar-refractivity contribution >= 4 is 11.7 Å². The van der Waals surface area contributed by atoms with Gasteiger partial charge in [0.15, 0.2) is 0 Å². The summed E-state index contributed by atoms with van der Waals surface area (Å²) in [5.41, 5.74) is 7.78. The molecule has 0 amide bonds. The SMILES string of the molecule is CCCCCCCCOC(=O)c1cccc(N)c1C. The molecule has 19 heavy (non-hydrogen) atoms. The molecule has 0 aliphatic heterocycles. The van der Waals surface area contributed by atoms with Gasteiger partial charge in [-0.1, -0.05) is 45.1 Å². The number of rotatable bonds is 8. The van der Waals surface area contributed by atoms with E-state index in [0.717, 1.165) is 18.4 Å². The molecule has 0 heterocycles. The van der Waals surface area contributed by atoms with E-state index >= 15 is 0 Å². The molecular formula is C16H25NO2. The van der Waals surface area contributed by atoms with Crippen molar-refractivity contribution in [2.24, 2.45) is 0 Å². The molecule has 0 bridgehead atoms. The molecule has 1 rings (SSSR count). The van der Waals surface area contributed by atoms with Crippen LogP contribution in [0.3, 0.4) is 0 Å². The van der Waals surface area contributed by atoms with Gasteiger partial charge in [-0.15, -0.1) is 0 Å². The Bertz CT molecular complexity index is 402. The topological polar surface area (TPSA) is 52.3 Å². The highest BCUT2D eigenvalue weighted by atomic mass is 16.5. The number of nitrogen functional groups attached to an aromatic ring is 1. The number of anilines is 1. The van der Waals surface area contributed by atoms with Gasteiger partial charge in [0.1, 0.15) is 0 Å². The zero-order valence-corrected chi connectivity index (χ0v) is 12.1. The second-order valence-corrected chi connectivity index (χ2v) is 4.92. The molecule has 3 heteroatoms. The third kappa shape index (κ3) is 5.33. The van der Waals surface area contributed by atoms with Gasteiger partial charge in [0.25, 0.3) is 0 Å². The minimum Gasteiger partial charge on any atom is -0.462 e. The third-order valence-electron chi connectivity index (χ3n) is 3.33. The summed E-state index contributed by atoms with van der Waals surface area (Å²) in [6.07, 6.45) is 7.12. The average molecular weight is 263 g/mol. The average Bonchev–Trinajstić information content (AvgIpc) is 2.40. The number of carbonyl (C=O) groups is 1. The first-order valence-corrected chi connectivity index (χ1v) is 7.19. The summed E-state index contributed by atoms with van der Waals surface area (Å²) in [5.74, 6) is -0.265. The Hall–Kier alpha value is -1.51. The van der Waals surface area contributed by atoms with Crippen LogP contribution in [0.25, 0.3) is 0 Å². The fraction of sp³-hybridized carbons (Fsp3) is 0.562. The largest absolute Gasteiger partial charge is 0.462 e. The van der Waals surface area contributed by atoms with Crippen LogP contribution < -0.4 is 5.73 Å². The Kier molecular flexibility index (Phi) is 7.01. The zero-order valence-electron chi connectivity index (χ0n) is 12.1. The summed E-state index contributed by atoms with van der Waals surface area (Å²) in [4.78, 5) is 11.9. The number of esters is 1. The van der Waals surface area contributed by atoms with Crippen molar-refractivity contribution in [2.75, 3.05) is 12.3 Å². The molecule has 0 saturated carbocycles. The molecule has 0 saturated heterocycles. The van der Waals surface area contributed by atoms with Crippen LogP contribution in [-0.4, -0.2) is 12.6 Å². The van der Waals surface area contributed by atoms with Crippen LogP contribution in [0.15, 0.2) is 18.2 Å². The first kappa shape index (κ1) is 15.5. The molecule has 0 aromatic heterocycles. The lowest BCUT2D eigenvalue weighted by Crippen LogP contribution is -2.09. The van der Waals surface area contributed by atoms with E-state index in [1.54, 1.807) is 18.2 Å². The Balaban J connectivity index is 2.26. The van der Waals surface area contributed by atoms with Gasteiger partial charge >= 0.3 is 5.97 Å². The van der Waals surface area contributed by atoms with E-state index in [4.69, 9.17) is 10.5 Å². The zero-order chi connectivity index (χ0) is 14.1. The first-order chi connectivity index (χ1) is 9.16. The van der Waals surface area contributed by atoms with Crippen molar-refractivity contribution in [3.05, 3.63) is 29.3 Å². The predicted molar refractivity (Wildman–Crippen MR) is 79.2 cm³/mol. The Morgan fingerprint density at radius 2 is 1.84 bits per heavy atom.